The summed E-state index contributed by atoms with van der Waals surface area (Å²) in [5.74, 6) is -0.553. The molecule has 0 saturated carbocycles. The maximum atomic E-state index is 13.3. The molecule has 0 fully saturated rings. The molecule has 1 atom stereocenters. The maximum absolute atomic E-state index is 13.3. The first kappa shape index (κ1) is 25.8. The first-order valence-electron chi connectivity index (χ1n) is 9.54. The number of sulfonamides is 1. The number of methoxy groups -OCH3 is 1. The number of ether oxygens (including phenoxy) is 1. The number of benzene rings is 2. The summed E-state index contributed by atoms with van der Waals surface area (Å²) >= 11 is 12.2. The quantitative estimate of drug-likeness (QED) is 0.569. The lowest BCUT2D eigenvalue weighted by atomic mass is 10.1. The number of carbonyl (C=O) groups is 2. The van der Waals surface area contributed by atoms with Crippen LogP contribution in [-0.4, -0.2) is 58.1 Å². The van der Waals surface area contributed by atoms with Gasteiger partial charge in [0.05, 0.1) is 19.1 Å². The van der Waals surface area contributed by atoms with Gasteiger partial charge in [0.2, 0.25) is 21.8 Å². The third-order valence-electron chi connectivity index (χ3n) is 4.79. The van der Waals surface area contributed by atoms with Crippen molar-refractivity contribution in [3.63, 3.8) is 0 Å². The van der Waals surface area contributed by atoms with Crippen molar-refractivity contribution in [3.8, 4) is 5.75 Å². The van der Waals surface area contributed by atoms with Gasteiger partial charge in [-0.2, -0.15) is 0 Å². The molecule has 0 aromatic heterocycles. The van der Waals surface area contributed by atoms with Gasteiger partial charge in [-0.1, -0.05) is 35.3 Å². The SMILES string of the molecule is CNC(=O)C(C)N(Cc1ccc(Cl)cc1Cl)C(=O)CN(c1cccc(OC)c1)S(C)(=O)=O. The smallest absolute Gasteiger partial charge is 0.244 e. The number of anilines is 1. The van der Waals surface area contributed by atoms with Crippen molar-refractivity contribution in [2.45, 2.75) is 19.5 Å². The Bertz CT molecular complexity index is 1090. The van der Waals surface area contributed by atoms with Gasteiger partial charge in [0, 0.05) is 29.7 Å². The first-order chi connectivity index (χ1) is 15.0. The molecule has 0 aliphatic carbocycles. The molecule has 0 spiro atoms. The fraction of sp³-hybridized carbons (Fsp3) is 0.333. The molecule has 0 bridgehead atoms. The highest BCUT2D eigenvalue weighted by Gasteiger charge is 2.30. The molecule has 11 heteroatoms. The van der Waals surface area contributed by atoms with Gasteiger partial charge in [-0.05, 0) is 36.8 Å². The topological polar surface area (TPSA) is 96.0 Å². The summed E-state index contributed by atoms with van der Waals surface area (Å²) in [6.45, 7) is 1.02. The summed E-state index contributed by atoms with van der Waals surface area (Å²) in [7, 11) is -0.913. The van der Waals surface area contributed by atoms with Crippen LogP contribution in [0.25, 0.3) is 0 Å². The van der Waals surface area contributed by atoms with Crippen molar-refractivity contribution in [2.24, 2.45) is 0 Å². The molecular weight excluding hydrogens is 477 g/mol. The monoisotopic (exact) mass is 501 g/mol. The van der Waals surface area contributed by atoms with E-state index >= 15 is 0 Å². The Hall–Kier alpha value is -2.49. The number of nitrogens with one attached hydrogen (secondary N) is 1. The molecule has 0 aliphatic heterocycles. The molecule has 32 heavy (non-hydrogen) atoms. The van der Waals surface area contributed by atoms with Crippen molar-refractivity contribution in [3.05, 3.63) is 58.1 Å². The van der Waals surface area contributed by atoms with Crippen LogP contribution in [0.5, 0.6) is 5.75 Å². The molecule has 174 valence electrons. The normalized spacial score (nSPS) is 12.1. The van der Waals surface area contributed by atoms with E-state index < -0.39 is 34.4 Å². The maximum Gasteiger partial charge on any atom is 0.244 e. The van der Waals surface area contributed by atoms with Crippen LogP contribution >= 0.6 is 23.2 Å². The number of rotatable bonds is 9. The second kappa shape index (κ2) is 10.9. The molecule has 0 radical (unpaired) electrons. The standard InChI is InChI=1S/C21H25Cl2N3O5S/c1-14(21(28)24-2)25(12-15-8-9-16(22)10-19(15)23)20(27)13-26(32(4,29)30)17-6-5-7-18(11-17)31-3/h5-11,14H,12-13H2,1-4H3,(H,24,28). The van der Waals surface area contributed by atoms with Crippen LogP contribution in [0, 0.1) is 0 Å². The molecule has 0 aliphatic rings. The van der Waals surface area contributed by atoms with Gasteiger partial charge in [-0.25, -0.2) is 8.42 Å². The Balaban J connectivity index is 2.42. The van der Waals surface area contributed by atoms with E-state index in [1.807, 2.05) is 0 Å². The van der Waals surface area contributed by atoms with Gasteiger partial charge in [0.25, 0.3) is 0 Å². The Labute approximate surface area is 198 Å². The highest BCUT2D eigenvalue weighted by atomic mass is 35.5. The molecule has 8 nitrogen and oxygen atoms in total. The van der Waals surface area contributed by atoms with E-state index in [9.17, 15) is 18.0 Å². The van der Waals surface area contributed by atoms with Gasteiger partial charge >= 0.3 is 0 Å². The van der Waals surface area contributed by atoms with E-state index in [2.05, 4.69) is 5.32 Å². The van der Waals surface area contributed by atoms with E-state index in [0.29, 0.717) is 21.4 Å². The van der Waals surface area contributed by atoms with Crippen molar-refractivity contribution in [2.75, 3.05) is 31.3 Å². The van der Waals surface area contributed by atoms with Crippen LogP contribution in [0.3, 0.4) is 0 Å². The zero-order valence-corrected chi connectivity index (χ0v) is 20.5. The summed E-state index contributed by atoms with van der Waals surface area (Å²) < 4.78 is 31.1. The van der Waals surface area contributed by atoms with Gasteiger partial charge < -0.3 is 15.0 Å². The zero-order valence-electron chi connectivity index (χ0n) is 18.1. The summed E-state index contributed by atoms with van der Waals surface area (Å²) in [5, 5.41) is 3.26. The number of hydrogen-bond donors (Lipinski definition) is 1. The fourth-order valence-corrected chi connectivity index (χ4v) is 4.31. The van der Waals surface area contributed by atoms with Crippen LogP contribution < -0.4 is 14.4 Å². The predicted octanol–water partition coefficient (Wildman–Crippen LogP) is 2.93. The highest BCUT2D eigenvalue weighted by Crippen LogP contribution is 2.25. The van der Waals surface area contributed by atoms with Gasteiger partial charge in [-0.3, -0.25) is 13.9 Å². The summed E-state index contributed by atoms with van der Waals surface area (Å²) in [5.41, 5.74) is 0.824. The number of nitrogens with zero attached hydrogens (tertiary/aromatic N) is 2. The highest BCUT2D eigenvalue weighted by molar-refractivity contribution is 7.92. The van der Waals surface area contributed by atoms with Gasteiger partial charge in [0.15, 0.2) is 0 Å². The Morgan fingerprint density at radius 3 is 2.41 bits per heavy atom. The minimum atomic E-state index is -3.82. The molecule has 2 rings (SSSR count). The second-order valence-corrected chi connectivity index (χ2v) is 9.77. The third kappa shape index (κ3) is 6.51. The lowest BCUT2D eigenvalue weighted by molar-refractivity contribution is -0.139. The largest absolute Gasteiger partial charge is 0.497 e. The minimum Gasteiger partial charge on any atom is -0.497 e. The second-order valence-electron chi connectivity index (χ2n) is 7.02. The number of halogens is 2. The average Bonchev–Trinajstić information content (AvgIpc) is 2.75. The minimum absolute atomic E-state index is 0.0147. The van der Waals surface area contributed by atoms with E-state index in [0.717, 1.165) is 10.6 Å². The Morgan fingerprint density at radius 1 is 1.16 bits per heavy atom. The molecule has 0 heterocycles. The van der Waals surface area contributed by atoms with E-state index in [1.165, 1.54) is 31.2 Å². The van der Waals surface area contributed by atoms with Crippen LogP contribution in [-0.2, 0) is 26.2 Å². The Kier molecular flexibility index (Phi) is 8.77. The lowest BCUT2D eigenvalue weighted by Gasteiger charge is -2.31. The molecule has 1 N–H and O–H groups in total. The molecule has 2 amide bonds. The number of likely N-dealkylation sites (N-methyl/N-ethyl adjacent to an activating group) is 1. The molecule has 2 aromatic rings. The number of hydrogen-bond acceptors (Lipinski definition) is 5. The van der Waals surface area contributed by atoms with Crippen LogP contribution in [0.1, 0.15) is 12.5 Å². The summed E-state index contributed by atoms with van der Waals surface area (Å²) in [4.78, 5) is 26.9. The van der Waals surface area contributed by atoms with E-state index in [4.69, 9.17) is 27.9 Å². The van der Waals surface area contributed by atoms with Crippen molar-refractivity contribution < 1.29 is 22.7 Å². The number of amides is 2. The van der Waals surface area contributed by atoms with Crippen LogP contribution in [0.15, 0.2) is 42.5 Å². The number of carbonyl (C=O) groups excluding carboxylic acids is 2. The van der Waals surface area contributed by atoms with E-state index in [-0.39, 0.29) is 12.2 Å². The molecule has 2 aromatic carbocycles. The van der Waals surface area contributed by atoms with Crippen LogP contribution in [0.2, 0.25) is 10.0 Å². The van der Waals surface area contributed by atoms with Gasteiger partial charge in [-0.15, -0.1) is 0 Å². The van der Waals surface area contributed by atoms with Crippen LogP contribution in [0.4, 0.5) is 5.69 Å². The van der Waals surface area contributed by atoms with Crippen molar-refractivity contribution in [1.82, 2.24) is 10.2 Å². The average molecular weight is 502 g/mol. The Morgan fingerprint density at radius 2 is 1.84 bits per heavy atom. The fourth-order valence-electron chi connectivity index (χ4n) is 3.00. The summed E-state index contributed by atoms with van der Waals surface area (Å²) in [6, 6.07) is 10.3. The molecule has 1 unspecified atom stereocenters. The summed E-state index contributed by atoms with van der Waals surface area (Å²) in [6.07, 6.45) is 1.00. The van der Waals surface area contributed by atoms with Crippen molar-refractivity contribution >= 4 is 50.7 Å². The lowest BCUT2D eigenvalue weighted by Crippen LogP contribution is -2.50. The van der Waals surface area contributed by atoms with Crippen molar-refractivity contribution in [1.29, 1.82) is 0 Å². The third-order valence-corrected chi connectivity index (χ3v) is 6.52. The molecule has 0 saturated heterocycles. The van der Waals surface area contributed by atoms with E-state index in [1.54, 1.807) is 37.3 Å². The zero-order chi connectivity index (χ0) is 24.1. The predicted molar refractivity (Wildman–Crippen MR) is 126 cm³/mol. The first-order valence-corrected chi connectivity index (χ1v) is 12.1. The molecular formula is C21H25Cl2N3O5S. The van der Waals surface area contributed by atoms with Gasteiger partial charge in [0.1, 0.15) is 18.3 Å².